The molecule has 1 amide bonds. The molecule has 1 N–H and O–H groups in total. The largest absolute Gasteiger partial charge is 0.423 e. The summed E-state index contributed by atoms with van der Waals surface area (Å²) in [5, 5.41) is 3.15. The third-order valence-electron chi connectivity index (χ3n) is 6.30. The molecule has 1 aliphatic heterocycles. The first-order valence-corrected chi connectivity index (χ1v) is 10.3. The Hall–Kier alpha value is -2.89. The van der Waals surface area contributed by atoms with Gasteiger partial charge in [-0.25, -0.2) is 4.39 Å². The number of hydrogen-bond acceptors (Lipinski definition) is 4. The Morgan fingerprint density at radius 2 is 1.86 bits per heavy atom. The second kappa shape index (κ2) is 7.17. The predicted molar refractivity (Wildman–Crippen MR) is 109 cm³/mol. The Labute approximate surface area is 168 Å². The molecule has 0 bridgehead atoms. The van der Waals surface area contributed by atoms with Crippen LogP contribution in [0.1, 0.15) is 31.2 Å². The lowest BCUT2D eigenvalue weighted by Crippen LogP contribution is -2.41. The smallest absolute Gasteiger partial charge is 0.298 e. The molecule has 2 aliphatic rings. The van der Waals surface area contributed by atoms with Crippen LogP contribution in [-0.4, -0.2) is 30.5 Å². The highest BCUT2D eigenvalue weighted by Crippen LogP contribution is 2.48. The molecule has 0 radical (unpaired) electrons. The number of anilines is 1. The first kappa shape index (κ1) is 18.2. The summed E-state index contributed by atoms with van der Waals surface area (Å²) >= 11 is 0. The number of carbonyl (C=O) groups excluding carboxylic acids is 1. The number of nitrogens with zero attached hydrogens (tertiary/aromatic N) is 2. The van der Waals surface area contributed by atoms with Gasteiger partial charge in [0.2, 0.25) is 5.91 Å². The van der Waals surface area contributed by atoms with Crippen LogP contribution in [0, 0.1) is 11.7 Å². The zero-order chi connectivity index (χ0) is 19.8. The maximum atomic E-state index is 13.2. The van der Waals surface area contributed by atoms with E-state index in [4.69, 9.17) is 4.42 Å². The molecule has 0 unspecified atom stereocenters. The average Bonchev–Trinajstić information content (AvgIpc) is 3.45. The third-order valence-corrected chi connectivity index (χ3v) is 6.30. The standard InChI is InChI=1S/C23H24FN3O2/c24-18-7-5-17(6-8-18)23(11-12-23)21(28)25-15-16-9-13-27(14-10-16)22-26-19-3-1-2-4-20(19)29-22/h1-8,16H,9-15H2,(H,25,28). The van der Waals surface area contributed by atoms with E-state index in [0.717, 1.165) is 55.4 Å². The number of fused-ring (bicyclic) bond motifs is 1. The number of aromatic nitrogens is 1. The number of hydrogen-bond donors (Lipinski definition) is 1. The van der Waals surface area contributed by atoms with Crippen LogP contribution in [0.2, 0.25) is 0 Å². The first-order valence-electron chi connectivity index (χ1n) is 10.3. The molecule has 1 aliphatic carbocycles. The molecule has 1 saturated heterocycles. The van der Waals surface area contributed by atoms with Crippen molar-refractivity contribution in [3.63, 3.8) is 0 Å². The maximum absolute atomic E-state index is 13.2. The van der Waals surface area contributed by atoms with E-state index in [0.29, 0.717) is 18.5 Å². The van der Waals surface area contributed by atoms with Gasteiger partial charge in [-0.1, -0.05) is 24.3 Å². The first-order chi connectivity index (χ1) is 14.1. The van der Waals surface area contributed by atoms with Crippen LogP contribution in [0.15, 0.2) is 52.9 Å². The lowest BCUT2D eigenvalue weighted by Gasteiger charge is -2.31. The van der Waals surface area contributed by atoms with Gasteiger partial charge >= 0.3 is 0 Å². The summed E-state index contributed by atoms with van der Waals surface area (Å²) in [5.41, 5.74) is 2.16. The Bertz CT molecular complexity index is 985. The molecule has 2 aromatic carbocycles. The highest BCUT2D eigenvalue weighted by Gasteiger charge is 2.51. The molecule has 1 saturated carbocycles. The van der Waals surface area contributed by atoms with Crippen LogP contribution < -0.4 is 10.2 Å². The number of amides is 1. The summed E-state index contributed by atoms with van der Waals surface area (Å²) in [6.07, 6.45) is 3.65. The fourth-order valence-corrected chi connectivity index (χ4v) is 4.27. The van der Waals surface area contributed by atoms with E-state index < -0.39 is 5.41 Å². The van der Waals surface area contributed by atoms with Gasteiger partial charge in [0, 0.05) is 19.6 Å². The Morgan fingerprint density at radius 3 is 2.55 bits per heavy atom. The summed E-state index contributed by atoms with van der Waals surface area (Å²) in [5.74, 6) is 0.254. The number of rotatable bonds is 5. The van der Waals surface area contributed by atoms with E-state index in [1.165, 1.54) is 12.1 Å². The van der Waals surface area contributed by atoms with Gasteiger partial charge in [-0.3, -0.25) is 4.79 Å². The van der Waals surface area contributed by atoms with Crippen LogP contribution in [0.5, 0.6) is 0 Å². The van der Waals surface area contributed by atoms with Crippen LogP contribution in [0.4, 0.5) is 10.4 Å². The second-order valence-corrected chi connectivity index (χ2v) is 8.19. The monoisotopic (exact) mass is 393 g/mol. The minimum atomic E-state index is -0.452. The van der Waals surface area contributed by atoms with Crippen molar-refractivity contribution in [2.75, 3.05) is 24.5 Å². The molecular formula is C23H24FN3O2. The van der Waals surface area contributed by atoms with Crippen molar-refractivity contribution >= 4 is 23.0 Å². The quantitative estimate of drug-likeness (QED) is 0.711. The van der Waals surface area contributed by atoms with Gasteiger partial charge < -0.3 is 14.6 Å². The highest BCUT2D eigenvalue weighted by molar-refractivity contribution is 5.91. The Kier molecular flexibility index (Phi) is 4.49. The van der Waals surface area contributed by atoms with Gasteiger partial charge in [0.15, 0.2) is 5.58 Å². The Morgan fingerprint density at radius 1 is 1.14 bits per heavy atom. The summed E-state index contributed by atoms with van der Waals surface area (Å²) < 4.78 is 19.1. The van der Waals surface area contributed by atoms with E-state index >= 15 is 0 Å². The van der Waals surface area contributed by atoms with Crippen molar-refractivity contribution < 1.29 is 13.6 Å². The maximum Gasteiger partial charge on any atom is 0.298 e. The average molecular weight is 393 g/mol. The molecule has 3 aromatic rings. The summed E-state index contributed by atoms with van der Waals surface area (Å²) in [7, 11) is 0. The van der Waals surface area contributed by atoms with Gasteiger partial charge in [-0.15, -0.1) is 0 Å². The number of para-hydroxylation sites is 2. The van der Waals surface area contributed by atoms with E-state index in [1.54, 1.807) is 12.1 Å². The number of oxazole rings is 1. The molecule has 5 rings (SSSR count). The number of benzene rings is 2. The Balaban J connectivity index is 1.15. The van der Waals surface area contributed by atoms with Crippen molar-refractivity contribution in [1.29, 1.82) is 0 Å². The highest BCUT2D eigenvalue weighted by atomic mass is 19.1. The van der Waals surface area contributed by atoms with Gasteiger partial charge in [-0.2, -0.15) is 4.98 Å². The minimum absolute atomic E-state index is 0.0745. The van der Waals surface area contributed by atoms with Crippen molar-refractivity contribution in [2.24, 2.45) is 5.92 Å². The van der Waals surface area contributed by atoms with Crippen LogP contribution >= 0.6 is 0 Å². The molecule has 5 nitrogen and oxygen atoms in total. The summed E-state index contributed by atoms with van der Waals surface area (Å²) in [6, 6.07) is 14.8. The predicted octanol–water partition coefficient (Wildman–Crippen LogP) is 4.03. The van der Waals surface area contributed by atoms with Gasteiger partial charge in [0.25, 0.3) is 6.01 Å². The van der Waals surface area contributed by atoms with Gasteiger partial charge in [0.1, 0.15) is 11.3 Å². The van der Waals surface area contributed by atoms with Crippen molar-refractivity contribution in [3.05, 3.63) is 59.9 Å². The molecule has 29 heavy (non-hydrogen) atoms. The van der Waals surface area contributed by atoms with Crippen molar-refractivity contribution in [2.45, 2.75) is 31.1 Å². The van der Waals surface area contributed by atoms with E-state index in [2.05, 4.69) is 15.2 Å². The molecule has 150 valence electrons. The fourth-order valence-electron chi connectivity index (χ4n) is 4.27. The summed E-state index contributed by atoms with van der Waals surface area (Å²) in [4.78, 5) is 19.6. The summed E-state index contributed by atoms with van der Waals surface area (Å²) in [6.45, 7) is 2.43. The van der Waals surface area contributed by atoms with Crippen molar-refractivity contribution in [1.82, 2.24) is 10.3 Å². The number of carbonyl (C=O) groups is 1. The zero-order valence-corrected chi connectivity index (χ0v) is 16.2. The lowest BCUT2D eigenvalue weighted by molar-refractivity contribution is -0.123. The molecule has 2 fully saturated rings. The zero-order valence-electron chi connectivity index (χ0n) is 16.2. The van der Waals surface area contributed by atoms with Crippen molar-refractivity contribution in [3.8, 4) is 0 Å². The minimum Gasteiger partial charge on any atom is -0.423 e. The van der Waals surface area contributed by atoms with Crippen LogP contribution in [0.3, 0.4) is 0 Å². The number of nitrogens with one attached hydrogen (secondary N) is 1. The molecule has 0 atom stereocenters. The number of halogens is 1. The van der Waals surface area contributed by atoms with Gasteiger partial charge in [-0.05, 0) is 61.4 Å². The van der Waals surface area contributed by atoms with Crippen LogP contribution in [-0.2, 0) is 10.2 Å². The molecular weight excluding hydrogens is 369 g/mol. The second-order valence-electron chi connectivity index (χ2n) is 8.19. The molecule has 2 heterocycles. The fraction of sp³-hybridized carbons (Fsp3) is 0.391. The molecule has 0 spiro atoms. The normalized spacial score (nSPS) is 18.7. The SMILES string of the molecule is O=C(NCC1CCN(c2nc3ccccc3o2)CC1)C1(c2ccc(F)cc2)CC1. The van der Waals surface area contributed by atoms with E-state index in [9.17, 15) is 9.18 Å². The topological polar surface area (TPSA) is 58.4 Å². The number of piperidine rings is 1. The van der Waals surface area contributed by atoms with Crippen LogP contribution in [0.25, 0.3) is 11.1 Å². The lowest BCUT2D eigenvalue weighted by atomic mass is 9.93. The van der Waals surface area contributed by atoms with E-state index in [-0.39, 0.29) is 11.7 Å². The molecule has 6 heteroatoms. The molecule has 1 aromatic heterocycles. The van der Waals surface area contributed by atoms with E-state index in [1.807, 2.05) is 24.3 Å². The third kappa shape index (κ3) is 3.48. The van der Waals surface area contributed by atoms with Gasteiger partial charge in [0.05, 0.1) is 5.41 Å².